The van der Waals surface area contributed by atoms with Gasteiger partial charge in [0, 0.05) is 18.9 Å². The lowest BCUT2D eigenvalue weighted by Crippen LogP contribution is -2.40. The lowest BCUT2D eigenvalue weighted by Gasteiger charge is -2.28. The molecule has 0 radical (unpaired) electrons. The summed E-state index contributed by atoms with van der Waals surface area (Å²) in [6.07, 6.45) is -0.576. The van der Waals surface area contributed by atoms with Crippen molar-refractivity contribution in [3.8, 4) is 5.75 Å². The van der Waals surface area contributed by atoms with Crippen LogP contribution in [0.15, 0.2) is 23.1 Å². The summed E-state index contributed by atoms with van der Waals surface area (Å²) >= 11 is 0. The molecule has 1 aromatic carbocycles. The summed E-state index contributed by atoms with van der Waals surface area (Å²) in [6, 6.07) is 2.78. The minimum absolute atomic E-state index is 0.0289. The Hall–Kier alpha value is -1.28. The standard InChI is InChI=1S/C14H18F3NO3S/c1-2-21-13-4-3-11(9-12(13)15)22(19,20)18-10-5-7-14(16,17)8-6-10/h3-4,9-10,18H,2,5-8H2,1H3. The van der Waals surface area contributed by atoms with Crippen molar-refractivity contribution >= 4 is 10.0 Å². The number of halogens is 3. The minimum Gasteiger partial charge on any atom is -0.491 e. The van der Waals surface area contributed by atoms with Gasteiger partial charge in [0.1, 0.15) is 0 Å². The molecule has 1 aliphatic carbocycles. The Bertz CT molecular complexity index is 624. The molecule has 1 aromatic rings. The highest BCUT2D eigenvalue weighted by Crippen LogP contribution is 2.33. The summed E-state index contributed by atoms with van der Waals surface area (Å²) < 4.78 is 71.6. The van der Waals surface area contributed by atoms with Gasteiger partial charge in [0.05, 0.1) is 11.5 Å². The molecule has 22 heavy (non-hydrogen) atoms. The van der Waals surface area contributed by atoms with Crippen LogP contribution in [0.25, 0.3) is 0 Å². The van der Waals surface area contributed by atoms with Crippen molar-refractivity contribution in [2.45, 2.75) is 49.5 Å². The highest BCUT2D eigenvalue weighted by molar-refractivity contribution is 7.89. The zero-order chi connectivity index (χ0) is 16.4. The average Bonchev–Trinajstić information content (AvgIpc) is 2.43. The van der Waals surface area contributed by atoms with Crippen LogP contribution in [-0.4, -0.2) is 27.0 Å². The topological polar surface area (TPSA) is 55.4 Å². The molecule has 0 amide bonds. The number of ether oxygens (including phenoxy) is 1. The van der Waals surface area contributed by atoms with Crippen LogP contribution >= 0.6 is 0 Å². The summed E-state index contributed by atoms with van der Waals surface area (Å²) in [7, 11) is -3.94. The smallest absolute Gasteiger partial charge is 0.248 e. The molecule has 0 heterocycles. The van der Waals surface area contributed by atoms with Gasteiger partial charge in [-0.3, -0.25) is 0 Å². The van der Waals surface area contributed by atoms with Crippen molar-refractivity contribution in [1.29, 1.82) is 0 Å². The van der Waals surface area contributed by atoms with Crippen LogP contribution in [0.2, 0.25) is 0 Å². The van der Waals surface area contributed by atoms with Crippen LogP contribution in [0.5, 0.6) is 5.75 Å². The second kappa shape index (κ2) is 6.45. The highest BCUT2D eigenvalue weighted by Gasteiger charge is 2.36. The Morgan fingerprint density at radius 2 is 1.95 bits per heavy atom. The van der Waals surface area contributed by atoms with E-state index in [0.29, 0.717) is 0 Å². The van der Waals surface area contributed by atoms with E-state index in [9.17, 15) is 21.6 Å². The van der Waals surface area contributed by atoms with E-state index in [2.05, 4.69) is 4.72 Å². The maximum absolute atomic E-state index is 13.7. The molecule has 8 heteroatoms. The third kappa shape index (κ3) is 4.13. The summed E-state index contributed by atoms with van der Waals surface area (Å²) in [5.74, 6) is -3.54. The second-order valence-electron chi connectivity index (χ2n) is 5.28. The van der Waals surface area contributed by atoms with Crippen molar-refractivity contribution < 1.29 is 26.3 Å². The van der Waals surface area contributed by atoms with E-state index in [1.54, 1.807) is 6.92 Å². The van der Waals surface area contributed by atoms with Crippen LogP contribution in [0.4, 0.5) is 13.2 Å². The number of alkyl halides is 2. The molecule has 1 N–H and O–H groups in total. The van der Waals surface area contributed by atoms with Gasteiger partial charge in [-0.25, -0.2) is 26.3 Å². The van der Waals surface area contributed by atoms with Crippen LogP contribution < -0.4 is 9.46 Å². The normalized spacial score (nSPS) is 19.1. The molecular formula is C14H18F3NO3S. The number of hydrogen-bond acceptors (Lipinski definition) is 3. The molecule has 1 saturated carbocycles. The van der Waals surface area contributed by atoms with Crippen LogP contribution in [0.1, 0.15) is 32.6 Å². The van der Waals surface area contributed by atoms with Crippen LogP contribution in [-0.2, 0) is 10.0 Å². The molecule has 0 aliphatic heterocycles. The van der Waals surface area contributed by atoms with E-state index >= 15 is 0 Å². The Morgan fingerprint density at radius 1 is 1.32 bits per heavy atom. The molecule has 1 fully saturated rings. The van der Waals surface area contributed by atoms with E-state index in [1.807, 2.05) is 0 Å². The third-order valence-corrected chi connectivity index (χ3v) is 5.07. The van der Waals surface area contributed by atoms with Gasteiger partial charge in [0.15, 0.2) is 11.6 Å². The predicted octanol–water partition coefficient (Wildman–Crippen LogP) is 3.08. The quantitative estimate of drug-likeness (QED) is 0.898. The largest absolute Gasteiger partial charge is 0.491 e. The fourth-order valence-corrected chi connectivity index (χ4v) is 3.68. The molecule has 0 spiro atoms. The van der Waals surface area contributed by atoms with E-state index in [0.717, 1.165) is 6.07 Å². The molecule has 0 aromatic heterocycles. The Morgan fingerprint density at radius 3 is 2.50 bits per heavy atom. The van der Waals surface area contributed by atoms with Crippen molar-refractivity contribution in [3.05, 3.63) is 24.0 Å². The lowest BCUT2D eigenvalue weighted by atomic mass is 9.93. The summed E-state index contributed by atoms with van der Waals surface area (Å²) in [6.45, 7) is 1.95. The molecule has 2 rings (SSSR count). The van der Waals surface area contributed by atoms with Gasteiger partial charge in [-0.05, 0) is 38.0 Å². The fourth-order valence-electron chi connectivity index (χ4n) is 2.37. The van der Waals surface area contributed by atoms with Crippen LogP contribution in [0, 0.1) is 5.82 Å². The number of nitrogens with one attached hydrogen (secondary N) is 1. The first-order chi connectivity index (χ1) is 10.2. The van der Waals surface area contributed by atoms with E-state index in [4.69, 9.17) is 4.74 Å². The monoisotopic (exact) mass is 337 g/mol. The maximum atomic E-state index is 13.7. The van der Waals surface area contributed by atoms with E-state index in [-0.39, 0.29) is 42.9 Å². The van der Waals surface area contributed by atoms with Gasteiger partial charge in [-0.2, -0.15) is 0 Å². The second-order valence-corrected chi connectivity index (χ2v) is 6.99. The Labute approximate surface area is 127 Å². The first kappa shape index (κ1) is 17.1. The SMILES string of the molecule is CCOc1ccc(S(=O)(=O)NC2CCC(F)(F)CC2)cc1F. The molecule has 124 valence electrons. The van der Waals surface area contributed by atoms with Gasteiger partial charge in [-0.15, -0.1) is 0 Å². The van der Waals surface area contributed by atoms with Crippen molar-refractivity contribution in [3.63, 3.8) is 0 Å². The Kier molecular flexibility index (Phi) is 5.01. The number of benzene rings is 1. The van der Waals surface area contributed by atoms with Crippen molar-refractivity contribution in [1.82, 2.24) is 4.72 Å². The molecule has 0 atom stereocenters. The van der Waals surface area contributed by atoms with Gasteiger partial charge in [0.2, 0.25) is 15.9 Å². The first-order valence-corrected chi connectivity index (χ1v) is 8.54. The molecule has 4 nitrogen and oxygen atoms in total. The zero-order valence-corrected chi connectivity index (χ0v) is 12.9. The Balaban J connectivity index is 2.09. The lowest BCUT2D eigenvalue weighted by molar-refractivity contribution is -0.0387. The van der Waals surface area contributed by atoms with Gasteiger partial charge < -0.3 is 4.74 Å². The van der Waals surface area contributed by atoms with E-state index in [1.165, 1.54) is 12.1 Å². The molecule has 0 saturated heterocycles. The summed E-state index contributed by atoms with van der Waals surface area (Å²) in [4.78, 5) is -0.245. The molecule has 0 bridgehead atoms. The average molecular weight is 337 g/mol. The van der Waals surface area contributed by atoms with Crippen molar-refractivity contribution in [2.24, 2.45) is 0 Å². The summed E-state index contributed by atoms with van der Waals surface area (Å²) in [5, 5.41) is 0. The maximum Gasteiger partial charge on any atom is 0.248 e. The number of sulfonamides is 1. The van der Waals surface area contributed by atoms with Crippen molar-refractivity contribution in [2.75, 3.05) is 6.61 Å². The van der Waals surface area contributed by atoms with Gasteiger partial charge in [-0.1, -0.05) is 0 Å². The number of hydrogen-bond donors (Lipinski definition) is 1. The first-order valence-electron chi connectivity index (χ1n) is 7.06. The highest BCUT2D eigenvalue weighted by atomic mass is 32.2. The zero-order valence-electron chi connectivity index (χ0n) is 12.1. The van der Waals surface area contributed by atoms with E-state index < -0.39 is 27.8 Å². The minimum atomic E-state index is -3.94. The molecular weight excluding hydrogens is 319 g/mol. The predicted molar refractivity (Wildman–Crippen MR) is 75.1 cm³/mol. The van der Waals surface area contributed by atoms with Gasteiger partial charge >= 0.3 is 0 Å². The number of rotatable bonds is 5. The third-order valence-electron chi connectivity index (χ3n) is 3.55. The van der Waals surface area contributed by atoms with Crippen LogP contribution in [0.3, 0.4) is 0 Å². The van der Waals surface area contributed by atoms with Gasteiger partial charge in [0.25, 0.3) is 0 Å². The summed E-state index contributed by atoms with van der Waals surface area (Å²) in [5.41, 5.74) is 0. The molecule has 0 unspecified atom stereocenters. The molecule has 1 aliphatic rings. The fraction of sp³-hybridized carbons (Fsp3) is 0.571.